The number of sulfonamides is 1. The molecule has 0 saturated carbocycles. The van der Waals surface area contributed by atoms with Crippen molar-refractivity contribution in [2.45, 2.75) is 24.8 Å². The Morgan fingerprint density at radius 2 is 1.80 bits per heavy atom. The van der Waals surface area contributed by atoms with Gasteiger partial charge < -0.3 is 4.42 Å². The molecule has 30 heavy (non-hydrogen) atoms. The van der Waals surface area contributed by atoms with Crippen LogP contribution in [0.25, 0.3) is 11.0 Å². The molecule has 3 aromatic rings. The first-order valence-corrected chi connectivity index (χ1v) is 11.7. The summed E-state index contributed by atoms with van der Waals surface area (Å²) in [5, 5.41) is 1.32. The minimum Gasteiger partial charge on any atom is -0.423 e. The van der Waals surface area contributed by atoms with Crippen molar-refractivity contribution in [3.63, 3.8) is 0 Å². The van der Waals surface area contributed by atoms with E-state index in [0.29, 0.717) is 43.3 Å². The Morgan fingerprint density at radius 3 is 2.50 bits per heavy atom. The Balaban J connectivity index is 1.50. The minimum atomic E-state index is -3.57. The van der Waals surface area contributed by atoms with E-state index in [9.17, 15) is 13.2 Å². The summed E-state index contributed by atoms with van der Waals surface area (Å²) < 4.78 is 32.6. The van der Waals surface area contributed by atoms with E-state index in [2.05, 4.69) is 11.8 Å². The van der Waals surface area contributed by atoms with Crippen LogP contribution in [0.5, 0.6) is 0 Å². The molecule has 0 spiro atoms. The lowest BCUT2D eigenvalue weighted by atomic mass is 10.1. The van der Waals surface area contributed by atoms with Crippen LogP contribution in [0.15, 0.2) is 62.6 Å². The largest absolute Gasteiger partial charge is 0.423 e. The summed E-state index contributed by atoms with van der Waals surface area (Å²) in [7, 11) is -3.57. The highest BCUT2D eigenvalue weighted by Gasteiger charge is 2.28. The molecule has 158 valence electrons. The summed E-state index contributed by atoms with van der Waals surface area (Å²) in [6.07, 6.45) is 0.868. The highest BCUT2D eigenvalue weighted by atomic mass is 35.5. The van der Waals surface area contributed by atoms with Gasteiger partial charge in [-0.2, -0.15) is 4.31 Å². The van der Waals surface area contributed by atoms with Gasteiger partial charge in [0, 0.05) is 49.2 Å². The smallest absolute Gasteiger partial charge is 0.336 e. The van der Waals surface area contributed by atoms with Crippen LogP contribution in [-0.4, -0.2) is 43.8 Å². The summed E-state index contributed by atoms with van der Waals surface area (Å²) in [5.41, 5.74) is 2.24. The van der Waals surface area contributed by atoms with Crippen LogP contribution in [0.2, 0.25) is 5.02 Å². The van der Waals surface area contributed by atoms with E-state index >= 15 is 0 Å². The van der Waals surface area contributed by atoms with Gasteiger partial charge in [0.05, 0.1) is 4.90 Å². The Kier molecular flexibility index (Phi) is 5.97. The van der Waals surface area contributed by atoms with Crippen molar-refractivity contribution in [3.8, 4) is 0 Å². The first-order valence-electron chi connectivity index (χ1n) is 9.90. The number of aryl methyl sites for hydroxylation is 1. The van der Waals surface area contributed by atoms with Gasteiger partial charge in [-0.15, -0.1) is 0 Å². The lowest BCUT2D eigenvalue weighted by Gasteiger charge is -2.34. The van der Waals surface area contributed by atoms with Crippen molar-refractivity contribution in [1.29, 1.82) is 0 Å². The molecule has 0 amide bonds. The molecular weight excluding hydrogens is 424 g/mol. The Morgan fingerprint density at radius 1 is 1.03 bits per heavy atom. The topological polar surface area (TPSA) is 70.8 Å². The van der Waals surface area contributed by atoms with Crippen molar-refractivity contribution in [2.24, 2.45) is 0 Å². The molecule has 4 rings (SSSR count). The van der Waals surface area contributed by atoms with E-state index in [-0.39, 0.29) is 10.5 Å². The molecule has 6 nitrogen and oxygen atoms in total. The SMILES string of the molecule is CCc1ccc2c(CN3CCN(S(=O)(=O)c4cccc(Cl)c4)CC3)cc(=O)oc2c1. The minimum absolute atomic E-state index is 0.210. The summed E-state index contributed by atoms with van der Waals surface area (Å²) in [6.45, 7) is 4.55. The van der Waals surface area contributed by atoms with Gasteiger partial charge in [-0.25, -0.2) is 13.2 Å². The standard InChI is InChI=1S/C22H23ClN2O4S/c1-2-16-6-7-20-17(13-22(26)29-21(20)12-16)15-24-8-10-25(11-9-24)30(27,28)19-5-3-4-18(23)14-19/h3-7,12-14H,2,8-11,15H2,1H3. The zero-order valence-electron chi connectivity index (χ0n) is 16.7. The fourth-order valence-corrected chi connectivity index (χ4v) is 5.49. The van der Waals surface area contributed by atoms with Gasteiger partial charge in [-0.05, 0) is 41.8 Å². The van der Waals surface area contributed by atoms with Gasteiger partial charge in [0.25, 0.3) is 0 Å². The number of nitrogens with zero attached hydrogens (tertiary/aromatic N) is 2. The normalized spacial score (nSPS) is 16.2. The van der Waals surface area contributed by atoms with Crippen LogP contribution < -0.4 is 5.63 Å². The highest BCUT2D eigenvalue weighted by Crippen LogP contribution is 2.23. The van der Waals surface area contributed by atoms with Gasteiger partial charge in [0.15, 0.2) is 0 Å². The lowest BCUT2D eigenvalue weighted by molar-refractivity contribution is 0.182. The van der Waals surface area contributed by atoms with Crippen molar-refractivity contribution in [2.75, 3.05) is 26.2 Å². The zero-order valence-corrected chi connectivity index (χ0v) is 18.2. The first-order chi connectivity index (χ1) is 14.4. The van der Waals surface area contributed by atoms with E-state index in [0.717, 1.165) is 22.9 Å². The van der Waals surface area contributed by atoms with Crippen LogP contribution in [0, 0.1) is 0 Å². The molecular formula is C22H23ClN2O4S. The molecule has 2 heterocycles. The first kappa shape index (κ1) is 21.1. The van der Waals surface area contributed by atoms with Crippen LogP contribution in [0.3, 0.4) is 0 Å². The monoisotopic (exact) mass is 446 g/mol. The van der Waals surface area contributed by atoms with Gasteiger partial charge in [0.1, 0.15) is 5.58 Å². The quantitative estimate of drug-likeness (QED) is 0.561. The molecule has 1 aliphatic rings. The molecule has 8 heteroatoms. The molecule has 1 fully saturated rings. The van der Waals surface area contributed by atoms with E-state index in [1.807, 2.05) is 18.2 Å². The molecule has 0 radical (unpaired) electrons. The molecule has 0 bridgehead atoms. The predicted molar refractivity (Wildman–Crippen MR) is 117 cm³/mol. The van der Waals surface area contributed by atoms with E-state index < -0.39 is 10.0 Å². The summed E-state index contributed by atoms with van der Waals surface area (Å²) in [4.78, 5) is 14.4. The Bertz CT molecular complexity index is 1230. The number of rotatable bonds is 5. The maximum Gasteiger partial charge on any atom is 0.336 e. The third-order valence-corrected chi connectivity index (χ3v) is 7.59. The third kappa shape index (κ3) is 4.30. The number of halogens is 1. The average Bonchev–Trinajstić information content (AvgIpc) is 2.73. The van der Waals surface area contributed by atoms with E-state index in [4.69, 9.17) is 16.0 Å². The molecule has 1 saturated heterocycles. The van der Waals surface area contributed by atoms with Crippen LogP contribution in [0.4, 0.5) is 0 Å². The van der Waals surface area contributed by atoms with Gasteiger partial charge in [-0.1, -0.05) is 36.7 Å². The van der Waals surface area contributed by atoms with Crippen LogP contribution in [0.1, 0.15) is 18.1 Å². The van der Waals surface area contributed by atoms with Crippen LogP contribution >= 0.6 is 11.6 Å². The molecule has 0 unspecified atom stereocenters. The van der Waals surface area contributed by atoms with Gasteiger partial charge >= 0.3 is 5.63 Å². The maximum absolute atomic E-state index is 12.9. The van der Waals surface area contributed by atoms with Crippen molar-refractivity contribution in [3.05, 3.63) is 75.1 Å². The van der Waals surface area contributed by atoms with Gasteiger partial charge in [-0.3, -0.25) is 4.90 Å². The molecule has 0 atom stereocenters. The molecule has 0 aliphatic carbocycles. The molecule has 0 N–H and O–H groups in total. The summed E-state index contributed by atoms with van der Waals surface area (Å²) >= 11 is 5.96. The number of hydrogen-bond donors (Lipinski definition) is 0. The fraction of sp³-hybridized carbons (Fsp3) is 0.318. The summed E-state index contributed by atoms with van der Waals surface area (Å²) in [5.74, 6) is 0. The lowest BCUT2D eigenvalue weighted by Crippen LogP contribution is -2.48. The van der Waals surface area contributed by atoms with E-state index in [1.54, 1.807) is 18.2 Å². The number of benzene rings is 2. The second-order valence-corrected chi connectivity index (χ2v) is 9.79. The third-order valence-electron chi connectivity index (χ3n) is 5.46. The van der Waals surface area contributed by atoms with Crippen molar-refractivity contribution >= 4 is 32.6 Å². The Hall–Kier alpha value is -2.19. The predicted octanol–water partition coefficient (Wildman–Crippen LogP) is 3.52. The second kappa shape index (κ2) is 8.51. The van der Waals surface area contributed by atoms with E-state index in [1.165, 1.54) is 16.4 Å². The second-order valence-electron chi connectivity index (χ2n) is 7.41. The van der Waals surface area contributed by atoms with Gasteiger partial charge in [0.2, 0.25) is 10.0 Å². The molecule has 2 aromatic carbocycles. The Labute approximate surface area is 180 Å². The number of fused-ring (bicyclic) bond motifs is 1. The zero-order chi connectivity index (χ0) is 21.3. The average molecular weight is 447 g/mol. The molecule has 1 aliphatic heterocycles. The van der Waals surface area contributed by atoms with Crippen LogP contribution in [-0.2, 0) is 23.0 Å². The van der Waals surface area contributed by atoms with Crippen molar-refractivity contribution < 1.29 is 12.8 Å². The summed E-state index contributed by atoms with van der Waals surface area (Å²) in [6, 6.07) is 13.8. The van der Waals surface area contributed by atoms with Crippen molar-refractivity contribution in [1.82, 2.24) is 9.21 Å². The maximum atomic E-state index is 12.9. The number of piperazine rings is 1. The molecule has 1 aromatic heterocycles. The fourth-order valence-electron chi connectivity index (χ4n) is 3.77. The highest BCUT2D eigenvalue weighted by molar-refractivity contribution is 7.89. The number of hydrogen-bond acceptors (Lipinski definition) is 5.